The van der Waals surface area contributed by atoms with Crippen LogP contribution in [0.2, 0.25) is 0 Å². The van der Waals surface area contributed by atoms with Gasteiger partial charge in [0.05, 0.1) is 12.2 Å². The maximum absolute atomic E-state index is 12.5. The zero-order valence-corrected chi connectivity index (χ0v) is 20.5. The van der Waals surface area contributed by atoms with Crippen molar-refractivity contribution in [2.24, 2.45) is 11.8 Å². The molecular weight excluding hydrogens is 388 g/mol. The van der Waals surface area contributed by atoms with E-state index < -0.39 is 0 Å². The first-order valence-corrected chi connectivity index (χ1v) is 13.6. The quantitative estimate of drug-likeness (QED) is 0.249. The molecule has 0 bridgehead atoms. The highest BCUT2D eigenvalue weighted by Crippen LogP contribution is 2.41. The van der Waals surface area contributed by atoms with E-state index in [-0.39, 0.29) is 30.3 Å². The lowest BCUT2D eigenvalue weighted by molar-refractivity contribution is -0.196. The second-order valence-corrected chi connectivity index (χ2v) is 10.0. The molecule has 31 heavy (non-hydrogen) atoms. The van der Waals surface area contributed by atoms with Crippen molar-refractivity contribution in [3.8, 4) is 0 Å². The van der Waals surface area contributed by atoms with Crippen LogP contribution < -0.4 is 0 Å². The van der Waals surface area contributed by atoms with Crippen molar-refractivity contribution >= 4 is 5.78 Å². The zero-order valence-electron chi connectivity index (χ0n) is 20.5. The number of Topliss-reactive ketones (excluding diaryl/α,β-unsaturated/α-hetero) is 1. The van der Waals surface area contributed by atoms with Crippen molar-refractivity contribution in [2.45, 2.75) is 148 Å². The number of ketones is 1. The Hall–Kier alpha value is -0.450. The number of hydrogen-bond donors (Lipinski definition) is 1. The summed E-state index contributed by atoms with van der Waals surface area (Å²) in [6.07, 6.45) is 19.1. The molecular formula is C27H50O4. The lowest BCUT2D eigenvalue weighted by Crippen LogP contribution is -2.31. The van der Waals surface area contributed by atoms with Crippen molar-refractivity contribution in [1.29, 1.82) is 0 Å². The minimum atomic E-state index is -0.297. The van der Waals surface area contributed by atoms with Crippen molar-refractivity contribution in [1.82, 2.24) is 0 Å². The summed E-state index contributed by atoms with van der Waals surface area (Å²) in [6, 6.07) is 0. The van der Waals surface area contributed by atoms with E-state index in [9.17, 15) is 9.90 Å². The number of ether oxygens (including phenoxy) is 2. The summed E-state index contributed by atoms with van der Waals surface area (Å²) >= 11 is 0. The van der Waals surface area contributed by atoms with Gasteiger partial charge in [0.1, 0.15) is 5.78 Å². The van der Waals surface area contributed by atoms with Gasteiger partial charge in [-0.05, 0) is 50.4 Å². The highest BCUT2D eigenvalue weighted by Gasteiger charge is 2.43. The van der Waals surface area contributed by atoms with E-state index >= 15 is 0 Å². The minimum absolute atomic E-state index is 0.0381. The first kappa shape index (κ1) is 26.8. The van der Waals surface area contributed by atoms with Gasteiger partial charge in [0.2, 0.25) is 0 Å². The minimum Gasteiger partial charge on any atom is -0.393 e. The van der Waals surface area contributed by atoms with Crippen LogP contribution in [0.5, 0.6) is 0 Å². The van der Waals surface area contributed by atoms with Gasteiger partial charge in [0.15, 0.2) is 6.29 Å². The first-order chi connectivity index (χ1) is 15.2. The van der Waals surface area contributed by atoms with Crippen molar-refractivity contribution < 1.29 is 19.4 Å². The Morgan fingerprint density at radius 3 is 2.26 bits per heavy atom. The van der Waals surface area contributed by atoms with E-state index in [2.05, 4.69) is 13.8 Å². The molecule has 4 nitrogen and oxygen atoms in total. The summed E-state index contributed by atoms with van der Waals surface area (Å²) in [5, 5.41) is 10.8. The third-order valence-electron chi connectivity index (χ3n) is 7.42. The third-order valence-corrected chi connectivity index (χ3v) is 7.42. The van der Waals surface area contributed by atoms with Gasteiger partial charge in [0, 0.05) is 25.9 Å². The number of hydrogen-bond acceptors (Lipinski definition) is 4. The van der Waals surface area contributed by atoms with Gasteiger partial charge in [-0.2, -0.15) is 0 Å². The molecule has 0 radical (unpaired) electrons. The summed E-state index contributed by atoms with van der Waals surface area (Å²) in [5.41, 5.74) is 0. The number of aliphatic hydroxyl groups is 1. The SMILES string of the molecule is CCCCCCCC(=O)CC[C@@H]1[C@@H](CCCCCCC)[C@@H](O)C[C@H]1OC1CCCCO1. The number of carbonyl (C=O) groups excluding carboxylic acids is 1. The van der Waals surface area contributed by atoms with Crippen molar-refractivity contribution in [3.05, 3.63) is 0 Å². The van der Waals surface area contributed by atoms with Crippen molar-refractivity contribution in [3.63, 3.8) is 0 Å². The Kier molecular flexibility index (Phi) is 14.0. The fourth-order valence-electron chi connectivity index (χ4n) is 5.49. The standard InChI is InChI=1S/C27H50O4/c1-3-5-7-9-11-15-22(28)18-19-24-23(16-12-10-8-6-4-2)25(29)21-26(24)31-27-17-13-14-20-30-27/h23-27,29H,3-21H2,1-2H3/t23-,24-,25+,26-,27?/m1/s1. The highest BCUT2D eigenvalue weighted by molar-refractivity contribution is 5.78. The molecule has 2 fully saturated rings. The largest absolute Gasteiger partial charge is 0.393 e. The van der Waals surface area contributed by atoms with Gasteiger partial charge in [0.25, 0.3) is 0 Å². The van der Waals surface area contributed by atoms with E-state index in [1.807, 2.05) is 0 Å². The first-order valence-electron chi connectivity index (χ1n) is 13.6. The smallest absolute Gasteiger partial charge is 0.157 e. The molecule has 0 aromatic carbocycles. The summed E-state index contributed by atoms with van der Waals surface area (Å²) in [7, 11) is 0. The average Bonchev–Trinajstić information content (AvgIpc) is 3.06. The van der Waals surface area contributed by atoms with E-state index in [0.29, 0.717) is 18.6 Å². The van der Waals surface area contributed by atoms with Gasteiger partial charge in [-0.25, -0.2) is 0 Å². The summed E-state index contributed by atoms with van der Waals surface area (Å²) in [4.78, 5) is 12.5. The molecule has 1 N–H and O–H groups in total. The van der Waals surface area contributed by atoms with Crippen LogP contribution in [0, 0.1) is 11.8 Å². The number of aliphatic hydroxyl groups excluding tert-OH is 1. The summed E-state index contributed by atoms with van der Waals surface area (Å²) in [6.45, 7) is 5.24. The Balaban J connectivity index is 1.84. The predicted molar refractivity (Wildman–Crippen MR) is 127 cm³/mol. The number of carbonyl (C=O) groups is 1. The van der Waals surface area contributed by atoms with Gasteiger partial charge in [-0.1, -0.05) is 71.6 Å². The number of rotatable bonds is 17. The van der Waals surface area contributed by atoms with Crippen molar-refractivity contribution in [2.75, 3.05) is 6.61 Å². The molecule has 182 valence electrons. The normalized spacial score (nSPS) is 28.8. The van der Waals surface area contributed by atoms with Gasteiger partial charge in [-0.3, -0.25) is 4.79 Å². The van der Waals surface area contributed by atoms with Crippen LogP contribution in [-0.4, -0.2) is 36.0 Å². The Labute approximate surface area is 191 Å². The van der Waals surface area contributed by atoms with Crippen LogP contribution in [0.4, 0.5) is 0 Å². The average molecular weight is 439 g/mol. The van der Waals surface area contributed by atoms with Crippen LogP contribution in [0.15, 0.2) is 0 Å². The fourth-order valence-corrected chi connectivity index (χ4v) is 5.49. The molecule has 0 aromatic rings. The molecule has 0 amide bonds. The van der Waals surface area contributed by atoms with Gasteiger partial charge >= 0.3 is 0 Å². The Morgan fingerprint density at radius 2 is 1.58 bits per heavy atom. The molecule has 0 spiro atoms. The van der Waals surface area contributed by atoms with Crippen LogP contribution in [0.25, 0.3) is 0 Å². The van der Waals surface area contributed by atoms with E-state index in [0.717, 1.165) is 51.6 Å². The molecule has 1 saturated carbocycles. The van der Waals surface area contributed by atoms with Gasteiger partial charge in [-0.15, -0.1) is 0 Å². The van der Waals surface area contributed by atoms with Crippen LogP contribution >= 0.6 is 0 Å². The highest BCUT2D eigenvalue weighted by atomic mass is 16.7. The summed E-state index contributed by atoms with van der Waals surface area (Å²) < 4.78 is 12.2. The topological polar surface area (TPSA) is 55.8 Å². The molecule has 2 rings (SSSR count). The Morgan fingerprint density at radius 1 is 0.871 bits per heavy atom. The van der Waals surface area contributed by atoms with Gasteiger partial charge < -0.3 is 14.6 Å². The van der Waals surface area contributed by atoms with Crippen LogP contribution in [0.3, 0.4) is 0 Å². The molecule has 4 heteroatoms. The fraction of sp³-hybridized carbons (Fsp3) is 0.963. The molecule has 0 aromatic heterocycles. The van der Waals surface area contributed by atoms with Crippen LogP contribution in [-0.2, 0) is 14.3 Å². The Bertz CT molecular complexity index is 460. The molecule has 1 aliphatic heterocycles. The summed E-state index contributed by atoms with van der Waals surface area (Å²) in [5.74, 6) is 0.954. The number of unbranched alkanes of at least 4 members (excludes halogenated alkanes) is 8. The lowest BCUT2D eigenvalue weighted by Gasteiger charge is -2.30. The molecule has 1 aliphatic carbocycles. The van der Waals surface area contributed by atoms with E-state index in [4.69, 9.17) is 9.47 Å². The van der Waals surface area contributed by atoms with E-state index in [1.54, 1.807) is 0 Å². The molecule has 1 heterocycles. The van der Waals surface area contributed by atoms with E-state index in [1.165, 1.54) is 57.8 Å². The lowest BCUT2D eigenvalue weighted by atomic mass is 9.84. The van der Waals surface area contributed by atoms with Crippen LogP contribution in [0.1, 0.15) is 129 Å². The second-order valence-electron chi connectivity index (χ2n) is 10.0. The monoisotopic (exact) mass is 438 g/mol. The molecule has 1 saturated heterocycles. The third kappa shape index (κ3) is 10.4. The molecule has 1 unspecified atom stereocenters. The zero-order chi connectivity index (χ0) is 22.3. The maximum atomic E-state index is 12.5. The maximum Gasteiger partial charge on any atom is 0.157 e. The molecule has 2 aliphatic rings. The second kappa shape index (κ2) is 16.2. The predicted octanol–water partition coefficient (Wildman–Crippen LogP) is 6.97. The molecule has 5 atom stereocenters.